The van der Waals surface area contributed by atoms with E-state index >= 15 is 0 Å². The molecule has 5 nitrogen and oxygen atoms in total. The standard InChI is InChI=1S/C25H23N3O2S/c1-4-17-11-12-26-21(13-17)23-15-18(25(29)30-5-2)14-22(28-23)19-7-6-8-20(27-19)24-10-9-16(3)31-24/h6-15H,4-5H2,1-3H3. The number of thiophene rings is 1. The molecule has 0 aromatic carbocycles. The second kappa shape index (κ2) is 9.18. The van der Waals surface area contributed by atoms with E-state index in [1.165, 1.54) is 4.88 Å². The van der Waals surface area contributed by atoms with Crippen molar-refractivity contribution in [2.75, 3.05) is 6.61 Å². The number of esters is 1. The number of pyridine rings is 3. The molecule has 0 fully saturated rings. The Morgan fingerprint density at radius 2 is 1.65 bits per heavy atom. The maximum absolute atomic E-state index is 12.5. The highest BCUT2D eigenvalue weighted by atomic mass is 32.1. The number of aryl methyl sites for hydroxylation is 2. The summed E-state index contributed by atoms with van der Waals surface area (Å²) in [6.07, 6.45) is 2.66. The van der Waals surface area contributed by atoms with E-state index in [0.717, 1.165) is 28.2 Å². The number of rotatable bonds is 6. The topological polar surface area (TPSA) is 65.0 Å². The fourth-order valence-electron chi connectivity index (χ4n) is 3.25. The summed E-state index contributed by atoms with van der Waals surface area (Å²) < 4.78 is 5.24. The van der Waals surface area contributed by atoms with Crippen molar-refractivity contribution in [3.05, 3.63) is 76.8 Å². The van der Waals surface area contributed by atoms with Crippen molar-refractivity contribution in [2.45, 2.75) is 27.2 Å². The molecule has 0 bridgehead atoms. The third kappa shape index (κ3) is 4.70. The Hall–Kier alpha value is -3.38. The fourth-order valence-corrected chi connectivity index (χ4v) is 4.08. The molecule has 4 rings (SSSR count). The van der Waals surface area contributed by atoms with E-state index in [9.17, 15) is 4.79 Å². The van der Waals surface area contributed by atoms with Crippen molar-refractivity contribution in [1.29, 1.82) is 0 Å². The molecular weight excluding hydrogens is 406 g/mol. The van der Waals surface area contributed by atoms with E-state index in [1.807, 2.05) is 30.3 Å². The summed E-state index contributed by atoms with van der Waals surface area (Å²) in [4.78, 5) is 29.0. The van der Waals surface area contributed by atoms with Gasteiger partial charge in [-0.25, -0.2) is 14.8 Å². The molecule has 0 saturated carbocycles. The van der Waals surface area contributed by atoms with E-state index in [0.29, 0.717) is 29.3 Å². The van der Waals surface area contributed by atoms with Crippen molar-refractivity contribution in [3.8, 4) is 33.3 Å². The van der Waals surface area contributed by atoms with Crippen molar-refractivity contribution in [2.24, 2.45) is 0 Å². The van der Waals surface area contributed by atoms with E-state index in [2.05, 4.69) is 31.0 Å². The van der Waals surface area contributed by atoms with Gasteiger partial charge in [0.2, 0.25) is 0 Å². The zero-order valence-electron chi connectivity index (χ0n) is 17.8. The minimum absolute atomic E-state index is 0.306. The molecule has 6 heteroatoms. The smallest absolute Gasteiger partial charge is 0.338 e. The van der Waals surface area contributed by atoms with Crippen LogP contribution in [0.5, 0.6) is 0 Å². The zero-order chi connectivity index (χ0) is 21.8. The van der Waals surface area contributed by atoms with Crippen molar-refractivity contribution in [3.63, 3.8) is 0 Å². The minimum atomic E-state index is -0.385. The van der Waals surface area contributed by atoms with Gasteiger partial charge in [0, 0.05) is 11.1 Å². The molecule has 0 N–H and O–H groups in total. The number of carbonyl (C=O) groups is 1. The van der Waals surface area contributed by atoms with Crippen molar-refractivity contribution < 1.29 is 9.53 Å². The lowest BCUT2D eigenvalue weighted by Crippen LogP contribution is -2.06. The highest BCUT2D eigenvalue weighted by Crippen LogP contribution is 2.29. The van der Waals surface area contributed by atoms with E-state index in [-0.39, 0.29) is 5.97 Å². The molecule has 0 aliphatic carbocycles. The Morgan fingerprint density at radius 3 is 2.35 bits per heavy atom. The second-order valence-electron chi connectivity index (χ2n) is 7.07. The van der Waals surface area contributed by atoms with Gasteiger partial charge in [-0.3, -0.25) is 4.98 Å². The summed E-state index contributed by atoms with van der Waals surface area (Å²) >= 11 is 1.70. The van der Waals surface area contributed by atoms with Crippen LogP contribution in [0.15, 0.2) is 60.8 Å². The Balaban J connectivity index is 1.83. The van der Waals surface area contributed by atoms with Crippen LogP contribution in [0.1, 0.15) is 34.6 Å². The predicted octanol–water partition coefficient (Wildman–Crippen LogP) is 5.98. The number of ether oxygens (including phenoxy) is 1. The van der Waals surface area contributed by atoms with Crippen LogP contribution >= 0.6 is 11.3 Å². The minimum Gasteiger partial charge on any atom is -0.462 e. The SMILES string of the molecule is CCOC(=O)c1cc(-c2cc(CC)ccn2)nc(-c2cccc(-c3ccc(C)s3)n2)c1. The van der Waals surface area contributed by atoms with E-state index in [4.69, 9.17) is 14.7 Å². The summed E-state index contributed by atoms with van der Waals surface area (Å²) in [5.41, 5.74) is 5.12. The molecule has 0 saturated heterocycles. The second-order valence-corrected chi connectivity index (χ2v) is 8.36. The first-order chi connectivity index (χ1) is 15.1. The number of nitrogens with zero attached hydrogens (tertiary/aromatic N) is 3. The number of aromatic nitrogens is 3. The van der Waals surface area contributed by atoms with Crippen LogP contribution in [0.25, 0.3) is 33.3 Å². The average Bonchev–Trinajstić information content (AvgIpc) is 3.25. The summed E-state index contributed by atoms with van der Waals surface area (Å²) in [6.45, 7) is 6.27. The number of hydrogen-bond acceptors (Lipinski definition) is 6. The van der Waals surface area contributed by atoms with E-state index in [1.54, 1.807) is 36.6 Å². The Labute approximate surface area is 185 Å². The first-order valence-corrected chi connectivity index (χ1v) is 11.1. The molecule has 31 heavy (non-hydrogen) atoms. The van der Waals surface area contributed by atoms with Crippen LogP contribution in [-0.4, -0.2) is 27.5 Å². The molecule has 4 aromatic rings. The first kappa shape index (κ1) is 20.9. The third-order valence-electron chi connectivity index (χ3n) is 4.84. The van der Waals surface area contributed by atoms with Crippen LogP contribution in [0, 0.1) is 6.92 Å². The number of hydrogen-bond donors (Lipinski definition) is 0. The normalized spacial score (nSPS) is 10.8. The van der Waals surface area contributed by atoms with Crippen molar-refractivity contribution in [1.82, 2.24) is 15.0 Å². The summed E-state index contributed by atoms with van der Waals surface area (Å²) in [5, 5.41) is 0. The molecule has 156 valence electrons. The molecule has 0 aliphatic heterocycles. The van der Waals surface area contributed by atoms with Crippen LogP contribution < -0.4 is 0 Å². The Bertz CT molecular complexity index is 1230. The molecule has 0 radical (unpaired) electrons. The summed E-state index contributed by atoms with van der Waals surface area (Å²) in [5.74, 6) is -0.385. The largest absolute Gasteiger partial charge is 0.462 e. The molecule has 0 amide bonds. The van der Waals surface area contributed by atoms with Crippen LogP contribution in [-0.2, 0) is 11.2 Å². The zero-order valence-corrected chi connectivity index (χ0v) is 18.6. The fraction of sp³-hybridized carbons (Fsp3) is 0.200. The Morgan fingerprint density at radius 1 is 0.903 bits per heavy atom. The average molecular weight is 430 g/mol. The third-order valence-corrected chi connectivity index (χ3v) is 5.86. The van der Waals surface area contributed by atoms with Gasteiger partial charge in [-0.2, -0.15) is 0 Å². The quantitative estimate of drug-likeness (QED) is 0.353. The number of carbonyl (C=O) groups excluding carboxylic acids is 1. The van der Waals surface area contributed by atoms with Crippen LogP contribution in [0.4, 0.5) is 0 Å². The molecule has 0 aliphatic rings. The molecule has 4 heterocycles. The van der Waals surface area contributed by atoms with Gasteiger partial charge < -0.3 is 4.74 Å². The van der Waals surface area contributed by atoms with Crippen molar-refractivity contribution >= 4 is 17.3 Å². The lowest BCUT2D eigenvalue weighted by molar-refractivity contribution is 0.0526. The maximum atomic E-state index is 12.5. The van der Waals surface area contributed by atoms with Gasteiger partial charge in [-0.15, -0.1) is 11.3 Å². The molecule has 0 unspecified atom stereocenters. The van der Waals surface area contributed by atoms with E-state index < -0.39 is 0 Å². The van der Waals surface area contributed by atoms with Gasteiger partial charge in [0.25, 0.3) is 0 Å². The van der Waals surface area contributed by atoms with Gasteiger partial charge in [0.05, 0.1) is 45.5 Å². The lowest BCUT2D eigenvalue weighted by Gasteiger charge is -2.10. The summed E-state index contributed by atoms with van der Waals surface area (Å²) in [7, 11) is 0. The maximum Gasteiger partial charge on any atom is 0.338 e. The molecular formula is C25H23N3O2S. The van der Waals surface area contributed by atoms with Gasteiger partial charge in [-0.05, 0) is 74.4 Å². The molecule has 0 atom stereocenters. The molecule has 4 aromatic heterocycles. The lowest BCUT2D eigenvalue weighted by atomic mass is 10.1. The van der Waals surface area contributed by atoms with Gasteiger partial charge >= 0.3 is 5.97 Å². The predicted molar refractivity (Wildman–Crippen MR) is 124 cm³/mol. The highest BCUT2D eigenvalue weighted by Gasteiger charge is 2.15. The molecule has 0 spiro atoms. The van der Waals surface area contributed by atoms with Crippen LogP contribution in [0.3, 0.4) is 0 Å². The summed E-state index contributed by atoms with van der Waals surface area (Å²) in [6, 6.07) is 17.4. The van der Waals surface area contributed by atoms with Gasteiger partial charge in [0.1, 0.15) is 0 Å². The first-order valence-electron chi connectivity index (χ1n) is 10.3. The van der Waals surface area contributed by atoms with Gasteiger partial charge in [0.15, 0.2) is 0 Å². The monoisotopic (exact) mass is 429 g/mol. The highest BCUT2D eigenvalue weighted by molar-refractivity contribution is 7.15. The Kier molecular flexibility index (Phi) is 6.18. The van der Waals surface area contributed by atoms with Crippen LogP contribution in [0.2, 0.25) is 0 Å². The van der Waals surface area contributed by atoms with Gasteiger partial charge in [-0.1, -0.05) is 13.0 Å².